The van der Waals surface area contributed by atoms with Crippen LogP contribution in [0.2, 0.25) is 0 Å². The van der Waals surface area contributed by atoms with Gasteiger partial charge in [0.05, 0.1) is 25.0 Å². The van der Waals surface area contributed by atoms with Crippen molar-refractivity contribution in [2.75, 3.05) is 13.7 Å². The first-order valence-electron chi connectivity index (χ1n) is 9.94. The molecule has 8 heteroatoms. The molecular weight excluding hydrogens is 390 g/mol. The quantitative estimate of drug-likeness (QED) is 0.543. The number of carbonyl (C=O) groups excluding carboxylic acids is 3. The zero-order valence-corrected chi connectivity index (χ0v) is 17.5. The van der Waals surface area contributed by atoms with Gasteiger partial charge < -0.3 is 15.4 Å². The van der Waals surface area contributed by atoms with Crippen LogP contribution >= 0.6 is 12.2 Å². The van der Waals surface area contributed by atoms with E-state index in [0.29, 0.717) is 24.4 Å². The number of benzene rings is 1. The molecule has 2 N–H and O–H groups in total. The highest BCUT2D eigenvalue weighted by molar-refractivity contribution is 7.80. The second kappa shape index (κ2) is 9.35. The van der Waals surface area contributed by atoms with Crippen LogP contribution in [-0.2, 0) is 19.1 Å². The van der Waals surface area contributed by atoms with Gasteiger partial charge in [0.2, 0.25) is 11.8 Å². The average molecular weight is 418 g/mol. The number of nitrogens with one attached hydrogen (secondary N) is 2. The number of rotatable bonds is 6. The minimum Gasteiger partial charge on any atom is -0.469 e. The van der Waals surface area contributed by atoms with Crippen molar-refractivity contribution in [3.63, 3.8) is 0 Å². The van der Waals surface area contributed by atoms with Crippen LogP contribution in [0, 0.1) is 11.8 Å². The first-order chi connectivity index (χ1) is 13.9. The molecule has 2 fully saturated rings. The molecule has 3 rings (SSSR count). The second-order valence-corrected chi connectivity index (χ2v) is 8.02. The molecule has 0 aromatic heterocycles. The van der Waals surface area contributed by atoms with E-state index in [-0.39, 0.29) is 54.7 Å². The molecule has 1 aromatic rings. The van der Waals surface area contributed by atoms with E-state index in [1.165, 1.54) is 12.0 Å². The van der Waals surface area contributed by atoms with Gasteiger partial charge in [0.15, 0.2) is 5.11 Å². The molecule has 0 bridgehead atoms. The number of thiocarbonyl (C=S) groups is 1. The topological polar surface area (TPSA) is 87.7 Å². The number of ether oxygens (including phenoxy) is 1. The Bertz CT molecular complexity index is 785. The molecule has 29 heavy (non-hydrogen) atoms. The third-order valence-corrected chi connectivity index (χ3v) is 6.10. The lowest BCUT2D eigenvalue weighted by molar-refractivity contribution is -0.149. The second-order valence-electron chi connectivity index (χ2n) is 7.64. The number of amides is 2. The van der Waals surface area contributed by atoms with Crippen LogP contribution in [0.25, 0.3) is 0 Å². The van der Waals surface area contributed by atoms with Gasteiger partial charge in [-0.05, 0) is 44.0 Å². The van der Waals surface area contributed by atoms with E-state index in [4.69, 9.17) is 17.0 Å². The zero-order chi connectivity index (χ0) is 21.0. The van der Waals surface area contributed by atoms with Crippen LogP contribution in [0.15, 0.2) is 30.3 Å². The number of hydrogen-bond donors (Lipinski definition) is 2. The van der Waals surface area contributed by atoms with Gasteiger partial charge in [0, 0.05) is 19.0 Å². The summed E-state index contributed by atoms with van der Waals surface area (Å²) in [6.07, 6.45) is 1.93. The number of esters is 1. The maximum Gasteiger partial charge on any atom is 0.308 e. The standard InChI is InChI=1S/C21H27N3O4S/c1-13(14-6-4-3-5-7-14)22-18(25)10-11-24-19(26)16-9-8-15(20(27)28-2)12-17(16)23-21(24)29/h3-7,13,15-17H,8-12H2,1-2H3,(H,22,25)(H,23,29). The van der Waals surface area contributed by atoms with Gasteiger partial charge in [0.25, 0.3) is 0 Å². The highest BCUT2D eigenvalue weighted by Gasteiger charge is 2.44. The number of hydrogen-bond acceptors (Lipinski definition) is 5. The van der Waals surface area contributed by atoms with E-state index in [1.54, 1.807) is 0 Å². The van der Waals surface area contributed by atoms with Gasteiger partial charge in [-0.25, -0.2) is 0 Å². The third-order valence-electron chi connectivity index (χ3n) is 5.76. The Labute approximate surface area is 176 Å². The highest BCUT2D eigenvalue weighted by Crippen LogP contribution is 2.33. The van der Waals surface area contributed by atoms with Crippen LogP contribution in [0.3, 0.4) is 0 Å². The van der Waals surface area contributed by atoms with Crippen molar-refractivity contribution < 1.29 is 19.1 Å². The fraction of sp³-hybridized carbons (Fsp3) is 0.524. The summed E-state index contributed by atoms with van der Waals surface area (Å²) in [7, 11) is 1.38. The van der Waals surface area contributed by atoms with Crippen LogP contribution in [0.1, 0.15) is 44.2 Å². The number of carbonyl (C=O) groups is 3. The maximum atomic E-state index is 12.9. The van der Waals surface area contributed by atoms with Crippen molar-refractivity contribution >= 4 is 35.1 Å². The summed E-state index contributed by atoms with van der Waals surface area (Å²) in [5.41, 5.74) is 1.03. The summed E-state index contributed by atoms with van der Waals surface area (Å²) in [5, 5.41) is 6.47. The maximum absolute atomic E-state index is 12.9. The predicted octanol–water partition coefficient (Wildman–Crippen LogP) is 1.93. The lowest BCUT2D eigenvalue weighted by atomic mass is 9.76. The summed E-state index contributed by atoms with van der Waals surface area (Å²) in [4.78, 5) is 38.6. The lowest BCUT2D eigenvalue weighted by Crippen LogP contribution is -2.62. The minimum absolute atomic E-state index is 0.0639. The van der Waals surface area contributed by atoms with Crippen molar-refractivity contribution in [2.24, 2.45) is 11.8 Å². The Morgan fingerprint density at radius 1 is 1.31 bits per heavy atom. The van der Waals surface area contributed by atoms with Crippen molar-refractivity contribution in [3.05, 3.63) is 35.9 Å². The Hall–Kier alpha value is -2.48. The smallest absolute Gasteiger partial charge is 0.308 e. The van der Waals surface area contributed by atoms with Gasteiger partial charge in [-0.2, -0.15) is 0 Å². The summed E-state index contributed by atoms with van der Waals surface area (Å²) in [6.45, 7) is 2.16. The zero-order valence-electron chi connectivity index (χ0n) is 16.7. The van der Waals surface area contributed by atoms with E-state index in [1.807, 2.05) is 37.3 Å². The summed E-state index contributed by atoms with van der Waals surface area (Å²) >= 11 is 5.37. The normalized spacial score (nSPS) is 24.9. The van der Waals surface area contributed by atoms with Crippen molar-refractivity contribution in [3.8, 4) is 0 Å². The van der Waals surface area contributed by atoms with E-state index in [9.17, 15) is 14.4 Å². The van der Waals surface area contributed by atoms with Gasteiger partial charge in [0.1, 0.15) is 0 Å². The molecule has 1 aliphatic carbocycles. The molecule has 2 aliphatic rings. The fourth-order valence-electron chi connectivity index (χ4n) is 4.11. The minimum atomic E-state index is -0.241. The number of nitrogens with zero attached hydrogens (tertiary/aromatic N) is 1. The molecule has 1 heterocycles. The Morgan fingerprint density at radius 3 is 2.72 bits per heavy atom. The first kappa shape index (κ1) is 21.2. The Morgan fingerprint density at radius 2 is 2.03 bits per heavy atom. The fourth-order valence-corrected chi connectivity index (χ4v) is 4.44. The Kier molecular flexibility index (Phi) is 6.84. The highest BCUT2D eigenvalue weighted by atomic mass is 32.1. The van der Waals surface area contributed by atoms with E-state index >= 15 is 0 Å². The molecule has 4 unspecified atom stereocenters. The molecular formula is C21H27N3O4S. The monoisotopic (exact) mass is 417 g/mol. The summed E-state index contributed by atoms with van der Waals surface area (Å²) in [5.74, 6) is -0.871. The molecule has 4 atom stereocenters. The molecule has 7 nitrogen and oxygen atoms in total. The number of fused-ring (bicyclic) bond motifs is 1. The molecule has 1 saturated carbocycles. The summed E-state index contributed by atoms with van der Waals surface area (Å²) in [6, 6.07) is 9.45. The van der Waals surface area contributed by atoms with Gasteiger partial charge in [-0.15, -0.1) is 0 Å². The Balaban J connectivity index is 1.53. The molecule has 1 saturated heterocycles. The lowest BCUT2D eigenvalue weighted by Gasteiger charge is -2.43. The van der Waals surface area contributed by atoms with Crippen molar-refractivity contribution in [2.45, 2.75) is 44.7 Å². The van der Waals surface area contributed by atoms with Crippen LogP contribution < -0.4 is 10.6 Å². The average Bonchev–Trinajstić information content (AvgIpc) is 2.73. The van der Waals surface area contributed by atoms with Crippen LogP contribution in [0.4, 0.5) is 0 Å². The number of methoxy groups -OCH3 is 1. The molecule has 2 amide bonds. The van der Waals surface area contributed by atoms with Crippen molar-refractivity contribution in [1.29, 1.82) is 0 Å². The molecule has 0 radical (unpaired) electrons. The summed E-state index contributed by atoms with van der Waals surface area (Å²) < 4.78 is 4.83. The van der Waals surface area contributed by atoms with E-state index in [2.05, 4.69) is 10.6 Å². The first-order valence-corrected chi connectivity index (χ1v) is 10.4. The van der Waals surface area contributed by atoms with E-state index in [0.717, 1.165) is 5.56 Å². The largest absolute Gasteiger partial charge is 0.469 e. The van der Waals surface area contributed by atoms with Crippen molar-refractivity contribution in [1.82, 2.24) is 15.5 Å². The third kappa shape index (κ3) is 4.93. The molecule has 0 spiro atoms. The van der Waals surface area contributed by atoms with Crippen LogP contribution in [-0.4, -0.2) is 47.5 Å². The van der Waals surface area contributed by atoms with E-state index < -0.39 is 0 Å². The molecule has 1 aromatic carbocycles. The SMILES string of the molecule is COC(=O)C1CCC2C(=O)N(CCC(=O)NC(C)c3ccccc3)C(=S)NC2C1. The van der Waals surface area contributed by atoms with Crippen LogP contribution in [0.5, 0.6) is 0 Å². The predicted molar refractivity (Wildman–Crippen MR) is 112 cm³/mol. The van der Waals surface area contributed by atoms with Gasteiger partial charge >= 0.3 is 5.97 Å². The molecule has 156 valence electrons. The van der Waals surface area contributed by atoms with Gasteiger partial charge in [-0.3, -0.25) is 19.3 Å². The van der Waals surface area contributed by atoms with Gasteiger partial charge in [-0.1, -0.05) is 30.3 Å². The molecule has 1 aliphatic heterocycles.